The molecule has 0 aliphatic carbocycles. The second kappa shape index (κ2) is 3.89. The molecule has 4 heteroatoms. The van der Waals surface area contributed by atoms with Gasteiger partial charge in [0.15, 0.2) is 0 Å². The normalized spacial score (nSPS) is 21.6. The summed E-state index contributed by atoms with van der Waals surface area (Å²) in [5, 5.41) is 9.87. The summed E-state index contributed by atoms with van der Waals surface area (Å²) in [4.78, 5) is 5.93. The molecule has 0 saturated carbocycles. The van der Waals surface area contributed by atoms with Gasteiger partial charge in [0.1, 0.15) is 12.2 Å². The number of amidine groups is 1. The third-order valence-corrected chi connectivity index (χ3v) is 1.98. The zero-order valence-corrected chi connectivity index (χ0v) is 8.13. The minimum absolute atomic E-state index is 0.737. The number of hydrogen-bond donors (Lipinski definition) is 2. The van der Waals surface area contributed by atoms with E-state index in [4.69, 9.17) is 5.41 Å². The largest absolute Gasteiger partial charge is 0.381 e. The fourth-order valence-corrected chi connectivity index (χ4v) is 1.06. The monoisotopic (exact) mass is 178 g/mol. The van der Waals surface area contributed by atoms with Crippen molar-refractivity contribution < 1.29 is 0 Å². The summed E-state index contributed by atoms with van der Waals surface area (Å²) in [6, 6.07) is 0. The van der Waals surface area contributed by atoms with Crippen molar-refractivity contribution in [2.45, 2.75) is 6.92 Å². The van der Waals surface area contributed by atoms with Gasteiger partial charge in [0, 0.05) is 31.6 Å². The lowest BCUT2D eigenvalue weighted by Crippen LogP contribution is -2.18. The molecule has 1 aliphatic heterocycles. The van der Waals surface area contributed by atoms with E-state index in [2.05, 4.69) is 10.3 Å². The summed E-state index contributed by atoms with van der Waals surface area (Å²) in [5.74, 6) is 0.737. The first kappa shape index (κ1) is 9.51. The van der Waals surface area contributed by atoms with Gasteiger partial charge in [0.05, 0.1) is 0 Å². The summed E-state index contributed by atoms with van der Waals surface area (Å²) in [6.45, 7) is 2.02. The molecular formula is C9H14N4. The lowest BCUT2D eigenvalue weighted by atomic mass is 10.2. The molecule has 0 aromatic rings. The Hall–Kier alpha value is -1.58. The Bertz CT molecular complexity index is 297. The van der Waals surface area contributed by atoms with E-state index in [-0.39, 0.29) is 0 Å². The first-order chi connectivity index (χ1) is 6.16. The molecule has 0 amide bonds. The minimum Gasteiger partial charge on any atom is -0.381 e. The second-order valence-electron chi connectivity index (χ2n) is 2.98. The predicted molar refractivity (Wildman–Crippen MR) is 54.9 cm³/mol. The highest BCUT2D eigenvalue weighted by molar-refractivity contribution is 6.07. The molecule has 2 N–H and O–H groups in total. The van der Waals surface area contributed by atoms with Crippen molar-refractivity contribution in [2.75, 3.05) is 14.1 Å². The first-order valence-corrected chi connectivity index (χ1v) is 4.05. The number of nitrogens with zero attached hydrogens (tertiary/aromatic N) is 2. The van der Waals surface area contributed by atoms with E-state index >= 15 is 0 Å². The summed E-state index contributed by atoms with van der Waals surface area (Å²) in [6.07, 6.45) is 4.82. The van der Waals surface area contributed by atoms with Crippen LogP contribution >= 0.6 is 0 Å². The van der Waals surface area contributed by atoms with Crippen LogP contribution in [0.5, 0.6) is 0 Å². The van der Waals surface area contributed by atoms with Crippen molar-refractivity contribution in [1.29, 1.82) is 5.41 Å². The van der Waals surface area contributed by atoms with Crippen LogP contribution in [0.3, 0.4) is 0 Å². The molecule has 70 valence electrons. The van der Waals surface area contributed by atoms with Crippen molar-refractivity contribution in [1.82, 2.24) is 10.2 Å². The topological polar surface area (TPSA) is 51.5 Å². The van der Waals surface area contributed by atoms with E-state index in [0.717, 1.165) is 23.4 Å². The summed E-state index contributed by atoms with van der Waals surface area (Å²) in [7, 11) is 3.97. The maximum atomic E-state index is 6.89. The van der Waals surface area contributed by atoms with Crippen LogP contribution in [0.1, 0.15) is 6.92 Å². The van der Waals surface area contributed by atoms with Crippen molar-refractivity contribution in [2.24, 2.45) is 4.99 Å². The van der Waals surface area contributed by atoms with Crippen LogP contribution in [0, 0.1) is 5.41 Å². The summed E-state index contributed by atoms with van der Waals surface area (Å²) >= 11 is 0. The highest BCUT2D eigenvalue weighted by atomic mass is 15.1. The smallest absolute Gasteiger partial charge is 0.140 e. The van der Waals surface area contributed by atoms with Gasteiger partial charge in [-0.25, -0.2) is 4.99 Å². The van der Waals surface area contributed by atoms with E-state index in [1.807, 2.05) is 38.2 Å². The maximum Gasteiger partial charge on any atom is 0.140 e. The Morgan fingerprint density at radius 3 is 2.85 bits per heavy atom. The van der Waals surface area contributed by atoms with Crippen molar-refractivity contribution >= 4 is 12.2 Å². The fraction of sp³-hybridized carbons (Fsp3) is 0.333. The van der Waals surface area contributed by atoms with Gasteiger partial charge < -0.3 is 10.2 Å². The fourth-order valence-electron chi connectivity index (χ4n) is 1.06. The zero-order chi connectivity index (χ0) is 9.84. The standard InChI is InChI=1S/C9H14N4/c1-7(13(2)3)8-4-5-11-9(8)12-6-10/h4-6H,1-3H3,(H2,10,11,12)/b8-7+. The van der Waals surface area contributed by atoms with Crippen LogP contribution in [0.25, 0.3) is 0 Å². The van der Waals surface area contributed by atoms with Gasteiger partial charge in [-0.3, -0.25) is 5.41 Å². The van der Waals surface area contributed by atoms with E-state index in [1.54, 1.807) is 0 Å². The molecule has 0 saturated heterocycles. The van der Waals surface area contributed by atoms with Crippen molar-refractivity contribution in [3.05, 3.63) is 23.5 Å². The third kappa shape index (κ3) is 1.96. The first-order valence-electron chi connectivity index (χ1n) is 4.05. The van der Waals surface area contributed by atoms with Crippen LogP contribution < -0.4 is 5.32 Å². The van der Waals surface area contributed by atoms with Gasteiger partial charge in [-0.05, 0) is 13.0 Å². The Labute approximate surface area is 78.2 Å². The van der Waals surface area contributed by atoms with Crippen LogP contribution in [-0.4, -0.2) is 31.2 Å². The SMILES string of the molecule is C/C(=C1/C=CN/C1=N/C=N)N(C)C. The molecule has 1 rings (SSSR count). The molecule has 13 heavy (non-hydrogen) atoms. The van der Waals surface area contributed by atoms with Gasteiger partial charge in [0.25, 0.3) is 0 Å². The number of nitrogens with one attached hydrogen (secondary N) is 2. The highest BCUT2D eigenvalue weighted by Crippen LogP contribution is 2.12. The summed E-state index contributed by atoms with van der Waals surface area (Å²) < 4.78 is 0. The third-order valence-electron chi connectivity index (χ3n) is 1.98. The molecule has 0 fully saturated rings. The average Bonchev–Trinajstić information content (AvgIpc) is 2.52. The molecule has 0 unspecified atom stereocenters. The molecule has 0 aromatic carbocycles. The number of rotatable bonds is 2. The average molecular weight is 178 g/mol. The van der Waals surface area contributed by atoms with Crippen LogP contribution in [0.2, 0.25) is 0 Å². The lowest BCUT2D eigenvalue weighted by Gasteiger charge is -2.15. The zero-order valence-electron chi connectivity index (χ0n) is 8.13. The van der Waals surface area contributed by atoms with E-state index in [0.29, 0.717) is 0 Å². The van der Waals surface area contributed by atoms with Crippen LogP contribution in [-0.2, 0) is 0 Å². The Morgan fingerprint density at radius 1 is 1.62 bits per heavy atom. The van der Waals surface area contributed by atoms with Crippen molar-refractivity contribution in [3.8, 4) is 0 Å². The van der Waals surface area contributed by atoms with E-state index < -0.39 is 0 Å². The van der Waals surface area contributed by atoms with Crippen LogP contribution in [0.15, 0.2) is 28.5 Å². The van der Waals surface area contributed by atoms with Gasteiger partial charge in [-0.1, -0.05) is 0 Å². The van der Waals surface area contributed by atoms with Gasteiger partial charge in [0.2, 0.25) is 0 Å². The highest BCUT2D eigenvalue weighted by Gasteiger charge is 2.12. The van der Waals surface area contributed by atoms with E-state index in [1.165, 1.54) is 0 Å². The van der Waals surface area contributed by atoms with Crippen molar-refractivity contribution in [3.63, 3.8) is 0 Å². The van der Waals surface area contributed by atoms with Gasteiger partial charge >= 0.3 is 0 Å². The minimum atomic E-state index is 0.737. The quantitative estimate of drug-likeness (QED) is 0.488. The van der Waals surface area contributed by atoms with E-state index in [9.17, 15) is 0 Å². The summed E-state index contributed by atoms with van der Waals surface area (Å²) in [5.41, 5.74) is 2.16. The van der Waals surface area contributed by atoms with Gasteiger partial charge in [-0.15, -0.1) is 0 Å². The Morgan fingerprint density at radius 2 is 2.31 bits per heavy atom. The molecule has 0 aromatic heterocycles. The van der Waals surface area contributed by atoms with Crippen LogP contribution in [0.4, 0.5) is 0 Å². The number of allylic oxidation sites excluding steroid dienone is 1. The molecule has 4 nitrogen and oxygen atoms in total. The second-order valence-corrected chi connectivity index (χ2v) is 2.98. The van der Waals surface area contributed by atoms with Gasteiger partial charge in [-0.2, -0.15) is 0 Å². The molecule has 0 radical (unpaired) electrons. The molecule has 1 aliphatic rings. The Kier molecular flexibility index (Phi) is 2.84. The number of hydrogen-bond acceptors (Lipinski definition) is 2. The molecule has 0 bridgehead atoms. The molecular weight excluding hydrogens is 164 g/mol. The molecule has 0 spiro atoms. The predicted octanol–water partition coefficient (Wildman–Crippen LogP) is 0.944. The maximum absolute atomic E-state index is 6.89. The lowest BCUT2D eigenvalue weighted by molar-refractivity contribution is 0.511. The molecule has 1 heterocycles. The molecule has 0 atom stereocenters. The number of aliphatic imine (C=N–C) groups is 1. The Balaban J connectivity index is 3.03.